The summed E-state index contributed by atoms with van der Waals surface area (Å²) in [6.07, 6.45) is 2.94. The molecular weight excluding hydrogens is 330 g/mol. The number of anilines is 1. The smallest absolute Gasteiger partial charge is 0.255 e. The van der Waals surface area contributed by atoms with Gasteiger partial charge in [0.1, 0.15) is 5.75 Å². The van der Waals surface area contributed by atoms with E-state index in [0.29, 0.717) is 18.7 Å². The van der Waals surface area contributed by atoms with Crippen molar-refractivity contribution in [3.8, 4) is 5.75 Å². The maximum atomic E-state index is 12.5. The van der Waals surface area contributed by atoms with Crippen LogP contribution in [-0.4, -0.2) is 41.8 Å². The molecule has 0 aliphatic carbocycles. The predicted molar refractivity (Wildman–Crippen MR) is 90.4 cm³/mol. The second-order valence-electron chi connectivity index (χ2n) is 4.96. The van der Waals surface area contributed by atoms with Gasteiger partial charge in [-0.25, -0.2) is 8.42 Å². The Balaban J connectivity index is 2.34. The second-order valence-corrected chi connectivity index (χ2v) is 6.90. The molecule has 24 heavy (non-hydrogen) atoms. The van der Waals surface area contributed by atoms with Crippen LogP contribution in [0.5, 0.6) is 5.75 Å². The summed E-state index contributed by atoms with van der Waals surface area (Å²) in [4.78, 5) is 16.0. The van der Waals surface area contributed by atoms with E-state index < -0.39 is 15.9 Å². The van der Waals surface area contributed by atoms with Gasteiger partial charge in [0.2, 0.25) is 10.0 Å². The third-order valence-electron chi connectivity index (χ3n) is 3.50. The SMILES string of the molecule is CCN(CC)S(=O)(=O)c1ccc(O)c(NC(=O)c2ccncc2)c1. The van der Waals surface area contributed by atoms with E-state index in [1.54, 1.807) is 13.8 Å². The van der Waals surface area contributed by atoms with E-state index >= 15 is 0 Å². The minimum absolute atomic E-state index is 0.00836. The Morgan fingerprint density at radius 2 is 1.79 bits per heavy atom. The molecular formula is C16H19N3O4S. The fourth-order valence-corrected chi connectivity index (χ4v) is 3.67. The molecule has 0 saturated carbocycles. The zero-order valence-electron chi connectivity index (χ0n) is 13.4. The van der Waals surface area contributed by atoms with Gasteiger partial charge in [0.15, 0.2) is 0 Å². The molecule has 0 radical (unpaired) electrons. The van der Waals surface area contributed by atoms with Crippen LogP contribution in [-0.2, 0) is 10.0 Å². The van der Waals surface area contributed by atoms with Crippen molar-refractivity contribution in [2.24, 2.45) is 0 Å². The van der Waals surface area contributed by atoms with Gasteiger partial charge in [0, 0.05) is 31.0 Å². The number of phenols is 1. The molecule has 2 N–H and O–H groups in total. The molecule has 0 atom stereocenters. The molecule has 0 aliphatic heterocycles. The van der Waals surface area contributed by atoms with Gasteiger partial charge in [0.05, 0.1) is 10.6 Å². The molecule has 1 aromatic carbocycles. The lowest BCUT2D eigenvalue weighted by atomic mass is 10.2. The summed E-state index contributed by atoms with van der Waals surface area (Å²) in [5.41, 5.74) is 0.381. The Labute approximate surface area is 141 Å². The highest BCUT2D eigenvalue weighted by Gasteiger charge is 2.23. The zero-order valence-corrected chi connectivity index (χ0v) is 14.2. The Morgan fingerprint density at radius 3 is 2.38 bits per heavy atom. The first-order chi connectivity index (χ1) is 11.4. The number of pyridine rings is 1. The molecule has 0 saturated heterocycles. The molecule has 2 rings (SSSR count). The van der Waals surface area contributed by atoms with Crippen molar-refractivity contribution < 1.29 is 18.3 Å². The normalized spacial score (nSPS) is 11.5. The number of hydrogen-bond donors (Lipinski definition) is 2. The maximum absolute atomic E-state index is 12.5. The number of carbonyl (C=O) groups is 1. The lowest BCUT2D eigenvalue weighted by molar-refractivity contribution is 0.102. The average Bonchev–Trinajstić information content (AvgIpc) is 2.58. The van der Waals surface area contributed by atoms with Crippen LogP contribution in [0, 0.1) is 0 Å². The first kappa shape index (κ1) is 17.9. The fraction of sp³-hybridized carbons (Fsp3) is 0.250. The molecule has 0 unspecified atom stereocenters. The Morgan fingerprint density at radius 1 is 1.17 bits per heavy atom. The summed E-state index contributed by atoms with van der Waals surface area (Å²) in [7, 11) is -3.68. The largest absolute Gasteiger partial charge is 0.506 e. The van der Waals surface area contributed by atoms with E-state index in [1.807, 2.05) is 0 Å². The van der Waals surface area contributed by atoms with E-state index in [0.717, 1.165) is 0 Å². The number of phenolic OH excluding ortho intramolecular Hbond substituents is 1. The van der Waals surface area contributed by atoms with Gasteiger partial charge >= 0.3 is 0 Å². The molecule has 2 aromatic rings. The highest BCUT2D eigenvalue weighted by atomic mass is 32.2. The van der Waals surface area contributed by atoms with Crippen molar-refractivity contribution >= 4 is 21.6 Å². The Kier molecular flexibility index (Phi) is 5.53. The van der Waals surface area contributed by atoms with Gasteiger partial charge < -0.3 is 10.4 Å². The summed E-state index contributed by atoms with van der Waals surface area (Å²) in [5.74, 6) is -0.680. The minimum atomic E-state index is -3.68. The number of carbonyl (C=O) groups excluding carboxylic acids is 1. The van der Waals surface area contributed by atoms with Gasteiger partial charge in [-0.1, -0.05) is 13.8 Å². The van der Waals surface area contributed by atoms with Crippen LogP contribution in [0.4, 0.5) is 5.69 Å². The van der Waals surface area contributed by atoms with Gasteiger partial charge in [-0.05, 0) is 30.3 Å². The van der Waals surface area contributed by atoms with Gasteiger partial charge in [-0.3, -0.25) is 9.78 Å². The first-order valence-electron chi connectivity index (χ1n) is 7.44. The molecule has 0 aliphatic rings. The zero-order chi connectivity index (χ0) is 17.7. The first-order valence-corrected chi connectivity index (χ1v) is 8.88. The van der Waals surface area contributed by atoms with E-state index in [4.69, 9.17) is 0 Å². The molecule has 1 heterocycles. The quantitative estimate of drug-likeness (QED) is 0.778. The van der Waals surface area contributed by atoms with Crippen LogP contribution in [0.15, 0.2) is 47.6 Å². The lowest BCUT2D eigenvalue weighted by Crippen LogP contribution is -2.30. The fourth-order valence-electron chi connectivity index (χ4n) is 2.19. The number of amides is 1. The summed E-state index contributed by atoms with van der Waals surface area (Å²) >= 11 is 0. The van der Waals surface area contributed by atoms with Crippen molar-refractivity contribution in [1.82, 2.24) is 9.29 Å². The Hall–Kier alpha value is -2.45. The van der Waals surface area contributed by atoms with Crippen molar-refractivity contribution in [2.45, 2.75) is 18.7 Å². The maximum Gasteiger partial charge on any atom is 0.255 e. The number of nitrogens with one attached hydrogen (secondary N) is 1. The van der Waals surface area contributed by atoms with Crippen LogP contribution >= 0.6 is 0 Å². The summed E-state index contributed by atoms with van der Waals surface area (Å²) < 4.78 is 26.4. The second kappa shape index (κ2) is 7.41. The highest BCUT2D eigenvalue weighted by molar-refractivity contribution is 7.89. The van der Waals surface area contributed by atoms with Crippen LogP contribution in [0.2, 0.25) is 0 Å². The number of hydrogen-bond acceptors (Lipinski definition) is 5. The van der Waals surface area contributed by atoms with Gasteiger partial charge in [-0.2, -0.15) is 4.31 Å². The standard InChI is InChI=1S/C16H19N3O4S/c1-3-19(4-2)24(22,23)13-5-6-15(20)14(11-13)18-16(21)12-7-9-17-10-8-12/h5-11,20H,3-4H2,1-2H3,(H,18,21). The third-order valence-corrected chi connectivity index (χ3v) is 5.55. The van der Waals surface area contributed by atoms with Crippen molar-refractivity contribution in [3.63, 3.8) is 0 Å². The lowest BCUT2D eigenvalue weighted by Gasteiger charge is -2.19. The van der Waals surface area contributed by atoms with E-state index in [1.165, 1.54) is 47.0 Å². The van der Waals surface area contributed by atoms with Crippen molar-refractivity contribution in [1.29, 1.82) is 0 Å². The van der Waals surface area contributed by atoms with Crippen LogP contribution < -0.4 is 5.32 Å². The number of aromatic hydroxyl groups is 1. The van der Waals surface area contributed by atoms with Gasteiger partial charge in [-0.15, -0.1) is 0 Å². The van der Waals surface area contributed by atoms with Crippen molar-refractivity contribution in [3.05, 3.63) is 48.3 Å². The molecule has 8 heteroatoms. The average molecular weight is 349 g/mol. The van der Waals surface area contributed by atoms with Crippen LogP contribution in [0.1, 0.15) is 24.2 Å². The number of sulfonamides is 1. The Bertz CT molecular complexity index is 818. The number of rotatable bonds is 6. The number of benzene rings is 1. The minimum Gasteiger partial charge on any atom is -0.506 e. The topological polar surface area (TPSA) is 99.6 Å². The third kappa shape index (κ3) is 3.72. The van der Waals surface area contributed by atoms with Gasteiger partial charge in [0.25, 0.3) is 5.91 Å². The summed E-state index contributed by atoms with van der Waals surface area (Å²) in [6.45, 7) is 4.15. The molecule has 0 bridgehead atoms. The molecule has 1 aromatic heterocycles. The molecule has 1 amide bonds. The molecule has 128 valence electrons. The van der Waals surface area contributed by atoms with E-state index in [2.05, 4.69) is 10.3 Å². The van der Waals surface area contributed by atoms with Crippen LogP contribution in [0.3, 0.4) is 0 Å². The predicted octanol–water partition coefficient (Wildman–Crippen LogP) is 2.07. The van der Waals surface area contributed by atoms with E-state index in [-0.39, 0.29) is 16.3 Å². The van der Waals surface area contributed by atoms with Crippen molar-refractivity contribution in [2.75, 3.05) is 18.4 Å². The summed E-state index contributed by atoms with van der Waals surface area (Å²) in [5, 5.41) is 12.4. The molecule has 0 fully saturated rings. The monoisotopic (exact) mass is 349 g/mol. The molecule has 7 nitrogen and oxygen atoms in total. The van der Waals surface area contributed by atoms with E-state index in [9.17, 15) is 18.3 Å². The van der Waals surface area contributed by atoms with Crippen LogP contribution in [0.25, 0.3) is 0 Å². The number of nitrogens with zero attached hydrogens (tertiary/aromatic N) is 2. The molecule has 0 spiro atoms. The highest BCUT2D eigenvalue weighted by Crippen LogP contribution is 2.28. The summed E-state index contributed by atoms with van der Waals surface area (Å²) in [6, 6.07) is 6.84. The number of aromatic nitrogens is 1.